The molecule has 0 radical (unpaired) electrons. The Hall–Kier alpha value is -2.77. The van der Waals surface area contributed by atoms with Gasteiger partial charge in [-0.2, -0.15) is 4.68 Å². The molecule has 0 spiro atoms. The van der Waals surface area contributed by atoms with E-state index in [1.165, 1.54) is 4.68 Å². The topological polar surface area (TPSA) is 81.0 Å². The van der Waals surface area contributed by atoms with Crippen LogP contribution in [0.15, 0.2) is 42.5 Å². The molecule has 2 amide bonds. The predicted octanol–water partition coefficient (Wildman–Crippen LogP) is 2.77. The lowest BCUT2D eigenvalue weighted by atomic mass is 10.1. The minimum Gasteiger partial charge on any atom is -0.269 e. The van der Waals surface area contributed by atoms with E-state index in [0.717, 1.165) is 4.90 Å². The summed E-state index contributed by atoms with van der Waals surface area (Å²) < 4.78 is 1.41. The molecule has 9 heteroatoms. The second-order valence-electron chi connectivity index (χ2n) is 5.35. The minimum atomic E-state index is -0.371. The summed E-state index contributed by atoms with van der Waals surface area (Å²) in [5, 5.41) is 12.2. The third-order valence-corrected chi connectivity index (χ3v) is 4.60. The summed E-state index contributed by atoms with van der Waals surface area (Å²) in [7, 11) is 0. The van der Waals surface area contributed by atoms with Crippen LogP contribution in [0, 0.1) is 0 Å². The van der Waals surface area contributed by atoms with E-state index in [9.17, 15) is 9.59 Å². The van der Waals surface area contributed by atoms with E-state index in [1.54, 1.807) is 42.5 Å². The smallest absolute Gasteiger partial charge is 0.261 e. The Kier molecular flexibility index (Phi) is 3.74. The largest absolute Gasteiger partial charge is 0.269 e. The first-order valence-electron chi connectivity index (χ1n) is 7.24. The Morgan fingerprint density at radius 1 is 0.920 bits per heavy atom. The number of aromatic nitrogens is 4. The maximum Gasteiger partial charge on any atom is 0.261 e. The van der Waals surface area contributed by atoms with Crippen LogP contribution in [0.2, 0.25) is 10.0 Å². The van der Waals surface area contributed by atoms with Crippen LogP contribution in [-0.4, -0.2) is 36.9 Å². The number of halogens is 2. The number of rotatable bonds is 3. The quantitative estimate of drug-likeness (QED) is 0.659. The van der Waals surface area contributed by atoms with Gasteiger partial charge in [-0.15, -0.1) is 5.10 Å². The van der Waals surface area contributed by atoms with Crippen molar-refractivity contribution in [3.05, 3.63) is 69.5 Å². The van der Waals surface area contributed by atoms with Crippen molar-refractivity contribution >= 4 is 35.0 Å². The highest BCUT2D eigenvalue weighted by Gasteiger charge is 2.36. The number of imide groups is 1. The van der Waals surface area contributed by atoms with Crippen molar-refractivity contribution in [1.29, 1.82) is 0 Å². The monoisotopic (exact) mass is 373 g/mol. The van der Waals surface area contributed by atoms with Crippen LogP contribution in [0.5, 0.6) is 0 Å². The molecule has 0 bridgehead atoms. The molecular formula is C16H9Cl2N5O2. The second kappa shape index (κ2) is 5.94. The van der Waals surface area contributed by atoms with Crippen LogP contribution in [0.4, 0.5) is 0 Å². The Morgan fingerprint density at radius 3 is 2.24 bits per heavy atom. The maximum atomic E-state index is 12.5. The molecule has 0 saturated carbocycles. The zero-order valence-corrected chi connectivity index (χ0v) is 14.1. The summed E-state index contributed by atoms with van der Waals surface area (Å²) in [6.07, 6.45) is 0. The lowest BCUT2D eigenvalue weighted by Crippen LogP contribution is -2.30. The molecule has 0 N–H and O–H groups in total. The molecule has 0 fully saturated rings. The number of hydrogen-bond acceptors (Lipinski definition) is 5. The lowest BCUT2D eigenvalue weighted by molar-refractivity contribution is 0.0637. The molecule has 1 aliphatic heterocycles. The average molecular weight is 374 g/mol. The molecule has 0 aliphatic carbocycles. The van der Waals surface area contributed by atoms with Crippen molar-refractivity contribution in [2.24, 2.45) is 0 Å². The van der Waals surface area contributed by atoms with Gasteiger partial charge in [-0.3, -0.25) is 14.5 Å². The van der Waals surface area contributed by atoms with E-state index in [-0.39, 0.29) is 18.4 Å². The van der Waals surface area contributed by atoms with Crippen molar-refractivity contribution in [3.8, 4) is 5.69 Å². The van der Waals surface area contributed by atoms with Gasteiger partial charge in [0, 0.05) is 0 Å². The van der Waals surface area contributed by atoms with Crippen molar-refractivity contribution in [2.45, 2.75) is 6.54 Å². The normalized spacial score (nSPS) is 13.4. The first kappa shape index (κ1) is 15.7. The second-order valence-corrected chi connectivity index (χ2v) is 6.16. The number of amides is 2. The van der Waals surface area contributed by atoms with E-state index in [2.05, 4.69) is 15.5 Å². The maximum absolute atomic E-state index is 12.5. The van der Waals surface area contributed by atoms with Crippen molar-refractivity contribution in [1.82, 2.24) is 25.1 Å². The number of benzene rings is 2. The lowest BCUT2D eigenvalue weighted by Gasteiger charge is -2.13. The first-order chi connectivity index (χ1) is 12.1. The van der Waals surface area contributed by atoms with Crippen LogP contribution in [-0.2, 0) is 6.54 Å². The van der Waals surface area contributed by atoms with Gasteiger partial charge < -0.3 is 0 Å². The van der Waals surface area contributed by atoms with Crippen molar-refractivity contribution in [2.75, 3.05) is 0 Å². The summed E-state index contributed by atoms with van der Waals surface area (Å²) in [4.78, 5) is 26.1. The average Bonchev–Trinajstić information content (AvgIpc) is 3.17. The Bertz CT molecular complexity index is 982. The van der Waals surface area contributed by atoms with Gasteiger partial charge in [-0.1, -0.05) is 35.3 Å². The van der Waals surface area contributed by atoms with Gasteiger partial charge in [0.05, 0.1) is 33.4 Å². The SMILES string of the molecule is O=C1c2ccccc2C(=O)N1Cc1nnnn1-c1ccc(Cl)c(Cl)c1. The van der Waals surface area contributed by atoms with Gasteiger partial charge >= 0.3 is 0 Å². The molecule has 0 saturated heterocycles. The van der Waals surface area contributed by atoms with Crippen LogP contribution in [0.25, 0.3) is 5.69 Å². The van der Waals surface area contributed by atoms with Crippen LogP contribution >= 0.6 is 23.2 Å². The van der Waals surface area contributed by atoms with Crippen molar-refractivity contribution < 1.29 is 9.59 Å². The predicted molar refractivity (Wildman–Crippen MR) is 89.8 cm³/mol. The number of carbonyl (C=O) groups excluding carboxylic acids is 2. The van der Waals surface area contributed by atoms with Crippen LogP contribution in [0.1, 0.15) is 26.5 Å². The van der Waals surface area contributed by atoms with E-state index in [1.807, 2.05) is 0 Å². The van der Waals surface area contributed by atoms with Gasteiger partial charge in [0.15, 0.2) is 5.82 Å². The number of hydrogen-bond donors (Lipinski definition) is 0. The third kappa shape index (κ3) is 2.57. The summed E-state index contributed by atoms with van der Waals surface area (Å²) in [6.45, 7) is -0.0560. The number of nitrogens with zero attached hydrogens (tertiary/aromatic N) is 5. The van der Waals surface area contributed by atoms with Gasteiger partial charge in [0.25, 0.3) is 11.8 Å². The zero-order chi connectivity index (χ0) is 17.6. The highest BCUT2D eigenvalue weighted by Crippen LogP contribution is 2.26. The molecule has 1 aliphatic rings. The standard InChI is InChI=1S/C16H9Cl2N5O2/c17-12-6-5-9(7-13(12)18)23-14(19-20-21-23)8-22-15(24)10-3-1-2-4-11(10)16(22)25/h1-7H,8H2. The van der Waals surface area contributed by atoms with Gasteiger partial charge in [0.2, 0.25) is 0 Å². The fraction of sp³-hybridized carbons (Fsp3) is 0.0625. The summed E-state index contributed by atoms with van der Waals surface area (Å²) in [6, 6.07) is 11.6. The van der Waals surface area contributed by atoms with Crippen molar-refractivity contribution in [3.63, 3.8) is 0 Å². The minimum absolute atomic E-state index is 0.0560. The summed E-state index contributed by atoms with van der Waals surface area (Å²) >= 11 is 11.9. The fourth-order valence-electron chi connectivity index (χ4n) is 2.65. The molecule has 1 aromatic heterocycles. The number of carbonyl (C=O) groups is 2. The zero-order valence-electron chi connectivity index (χ0n) is 12.6. The highest BCUT2D eigenvalue weighted by atomic mass is 35.5. The molecular weight excluding hydrogens is 365 g/mol. The fourth-order valence-corrected chi connectivity index (χ4v) is 2.94. The summed E-state index contributed by atoms with van der Waals surface area (Å²) in [5.41, 5.74) is 1.33. The van der Waals surface area contributed by atoms with Gasteiger partial charge in [-0.05, 0) is 40.8 Å². The Labute approximate surface area is 151 Å². The van der Waals surface area contributed by atoms with E-state index >= 15 is 0 Å². The Balaban J connectivity index is 1.68. The molecule has 4 rings (SSSR count). The molecule has 2 heterocycles. The third-order valence-electron chi connectivity index (χ3n) is 3.86. The molecule has 0 atom stereocenters. The van der Waals surface area contributed by atoms with E-state index in [0.29, 0.717) is 32.7 Å². The van der Waals surface area contributed by atoms with E-state index in [4.69, 9.17) is 23.2 Å². The van der Waals surface area contributed by atoms with Gasteiger partial charge in [-0.25, -0.2) is 0 Å². The van der Waals surface area contributed by atoms with Crippen LogP contribution in [0.3, 0.4) is 0 Å². The highest BCUT2D eigenvalue weighted by molar-refractivity contribution is 6.42. The van der Waals surface area contributed by atoms with Crippen LogP contribution < -0.4 is 0 Å². The molecule has 124 valence electrons. The van der Waals surface area contributed by atoms with Gasteiger partial charge in [0.1, 0.15) is 0 Å². The molecule has 2 aromatic carbocycles. The van der Waals surface area contributed by atoms with E-state index < -0.39 is 0 Å². The first-order valence-corrected chi connectivity index (χ1v) is 8.00. The summed E-state index contributed by atoms with van der Waals surface area (Å²) in [5.74, 6) is -0.415. The molecule has 0 unspecified atom stereocenters. The Morgan fingerprint density at radius 2 is 1.60 bits per heavy atom. The number of tetrazole rings is 1. The molecule has 3 aromatic rings. The molecule has 25 heavy (non-hydrogen) atoms. The molecule has 7 nitrogen and oxygen atoms in total. The number of fused-ring (bicyclic) bond motifs is 1.